The molecule has 0 aliphatic carbocycles. The summed E-state index contributed by atoms with van der Waals surface area (Å²) in [4.78, 5) is 48.0. The minimum absolute atomic E-state index is 0.0277. The van der Waals surface area contributed by atoms with E-state index in [0.29, 0.717) is 5.69 Å². The highest BCUT2D eigenvalue weighted by molar-refractivity contribution is 6.31. The number of para-hydroxylation sites is 1. The zero-order chi connectivity index (χ0) is 24.1. The van der Waals surface area contributed by atoms with Crippen LogP contribution >= 0.6 is 0 Å². The summed E-state index contributed by atoms with van der Waals surface area (Å²) in [7, 11) is 1.16. The van der Waals surface area contributed by atoms with E-state index in [4.69, 9.17) is 9.47 Å². The molecule has 3 rings (SSSR count). The number of nitrogens with one attached hydrogen (secondary N) is 1. The number of nitro groups is 1. The van der Waals surface area contributed by atoms with Crippen molar-refractivity contribution in [3.05, 3.63) is 63.7 Å². The molecule has 0 unspecified atom stereocenters. The van der Waals surface area contributed by atoms with Gasteiger partial charge in [0.15, 0.2) is 11.9 Å². The van der Waals surface area contributed by atoms with E-state index in [9.17, 15) is 24.5 Å². The number of carbonyl (C=O) groups excluding carboxylic acids is 3. The van der Waals surface area contributed by atoms with Crippen LogP contribution in [0.15, 0.2) is 48.0 Å². The number of hydrogen-bond donors (Lipinski definition) is 1. The fourth-order valence-electron chi connectivity index (χ4n) is 3.08. The van der Waals surface area contributed by atoms with Crippen molar-refractivity contribution in [1.29, 1.82) is 0 Å². The van der Waals surface area contributed by atoms with Crippen molar-refractivity contribution in [2.75, 3.05) is 18.7 Å². The number of esters is 1. The van der Waals surface area contributed by atoms with Gasteiger partial charge in [0.1, 0.15) is 5.57 Å². The van der Waals surface area contributed by atoms with Gasteiger partial charge in [-0.2, -0.15) is 0 Å². The van der Waals surface area contributed by atoms with E-state index in [0.717, 1.165) is 18.2 Å². The lowest BCUT2D eigenvalue weighted by Gasteiger charge is -2.16. The Morgan fingerprint density at radius 2 is 1.94 bits per heavy atom. The third-order valence-electron chi connectivity index (χ3n) is 4.60. The molecular weight excluding hydrogens is 434 g/mol. The van der Waals surface area contributed by atoms with Gasteiger partial charge in [0.25, 0.3) is 11.8 Å². The number of carbonyl (C=O) groups is 3. The number of nitro benzene ring substituents is 1. The van der Waals surface area contributed by atoms with E-state index in [2.05, 4.69) is 10.2 Å². The minimum atomic E-state index is -1.14. The van der Waals surface area contributed by atoms with Crippen molar-refractivity contribution in [3.63, 3.8) is 0 Å². The number of hydrogen-bond acceptors (Lipinski definition) is 8. The molecule has 1 N–H and O–H groups in total. The zero-order valence-electron chi connectivity index (χ0n) is 18.1. The predicted molar refractivity (Wildman–Crippen MR) is 116 cm³/mol. The number of methoxy groups -OCH3 is 1. The first-order chi connectivity index (χ1) is 15.8. The number of rotatable bonds is 8. The molecule has 0 bridgehead atoms. The van der Waals surface area contributed by atoms with Crippen LogP contribution in [0.1, 0.15) is 19.4 Å². The van der Waals surface area contributed by atoms with Crippen LogP contribution in [-0.2, 0) is 19.1 Å². The third kappa shape index (κ3) is 4.92. The molecule has 1 fully saturated rings. The molecule has 0 aromatic heterocycles. The maximum atomic E-state index is 12.8. The Hall–Kier alpha value is -4.41. The van der Waals surface area contributed by atoms with Crippen LogP contribution in [0.3, 0.4) is 0 Å². The highest BCUT2D eigenvalue weighted by atomic mass is 16.6. The van der Waals surface area contributed by atoms with E-state index in [1.165, 1.54) is 19.1 Å². The van der Waals surface area contributed by atoms with E-state index < -0.39 is 34.5 Å². The van der Waals surface area contributed by atoms with Crippen molar-refractivity contribution in [3.8, 4) is 11.5 Å². The SMILES string of the molecule is CCOc1cc(/C=C2/C(=O)NN(c3ccccc3)C2=O)cc([N+](=O)[O-])c1O[C@H](C)C(=O)OC. The largest absolute Gasteiger partial charge is 0.490 e. The molecule has 1 saturated heterocycles. The fourth-order valence-corrected chi connectivity index (χ4v) is 3.08. The minimum Gasteiger partial charge on any atom is -0.490 e. The summed E-state index contributed by atoms with van der Waals surface area (Å²) >= 11 is 0. The number of benzene rings is 2. The number of hydrazine groups is 1. The Morgan fingerprint density at radius 1 is 1.24 bits per heavy atom. The maximum Gasteiger partial charge on any atom is 0.346 e. The summed E-state index contributed by atoms with van der Waals surface area (Å²) in [5.41, 5.74) is 2.36. The van der Waals surface area contributed by atoms with Crippen LogP contribution in [0.25, 0.3) is 6.08 Å². The molecule has 1 aliphatic heterocycles. The van der Waals surface area contributed by atoms with Crippen molar-refractivity contribution >= 4 is 35.2 Å². The Kier molecular flexibility index (Phi) is 6.91. The van der Waals surface area contributed by atoms with Crippen LogP contribution in [-0.4, -0.2) is 42.5 Å². The summed E-state index contributed by atoms with van der Waals surface area (Å²) in [5, 5.41) is 12.8. The Labute approximate surface area is 188 Å². The molecule has 0 saturated carbocycles. The lowest BCUT2D eigenvalue weighted by Crippen LogP contribution is -2.35. The van der Waals surface area contributed by atoms with Gasteiger partial charge in [0, 0.05) is 6.07 Å². The van der Waals surface area contributed by atoms with Gasteiger partial charge in [0.05, 0.1) is 24.3 Å². The van der Waals surface area contributed by atoms with E-state index in [1.807, 2.05) is 0 Å². The van der Waals surface area contributed by atoms with Crippen LogP contribution in [0.5, 0.6) is 11.5 Å². The molecule has 11 nitrogen and oxygen atoms in total. The van der Waals surface area contributed by atoms with Gasteiger partial charge in [0.2, 0.25) is 5.75 Å². The number of anilines is 1. The van der Waals surface area contributed by atoms with Crippen LogP contribution in [0.2, 0.25) is 0 Å². The Morgan fingerprint density at radius 3 is 2.55 bits per heavy atom. The first-order valence-corrected chi connectivity index (χ1v) is 9.88. The molecule has 1 heterocycles. The monoisotopic (exact) mass is 455 g/mol. The second-order valence-corrected chi connectivity index (χ2v) is 6.82. The molecule has 1 aliphatic rings. The maximum absolute atomic E-state index is 12.8. The summed E-state index contributed by atoms with van der Waals surface area (Å²) in [6.45, 7) is 3.18. The van der Waals surface area contributed by atoms with Gasteiger partial charge in [-0.15, -0.1) is 0 Å². The lowest BCUT2D eigenvalue weighted by molar-refractivity contribution is -0.386. The van der Waals surface area contributed by atoms with Crippen LogP contribution in [0, 0.1) is 10.1 Å². The zero-order valence-corrected chi connectivity index (χ0v) is 18.1. The van der Waals surface area contributed by atoms with Crippen molar-refractivity contribution in [2.24, 2.45) is 0 Å². The van der Waals surface area contributed by atoms with Gasteiger partial charge >= 0.3 is 11.7 Å². The first kappa shape index (κ1) is 23.3. The van der Waals surface area contributed by atoms with Gasteiger partial charge in [-0.3, -0.25) is 25.1 Å². The second kappa shape index (κ2) is 9.81. The van der Waals surface area contributed by atoms with Gasteiger partial charge in [-0.05, 0) is 43.7 Å². The summed E-state index contributed by atoms with van der Waals surface area (Å²) < 4.78 is 15.5. The van der Waals surface area contributed by atoms with Crippen LogP contribution in [0.4, 0.5) is 11.4 Å². The molecule has 11 heteroatoms. The van der Waals surface area contributed by atoms with E-state index in [-0.39, 0.29) is 29.2 Å². The molecule has 33 heavy (non-hydrogen) atoms. The topological polar surface area (TPSA) is 137 Å². The van der Waals surface area contributed by atoms with Gasteiger partial charge in [-0.25, -0.2) is 9.80 Å². The Bertz CT molecular complexity index is 1130. The summed E-state index contributed by atoms with van der Waals surface area (Å²) in [6.07, 6.45) is 0.0858. The van der Waals surface area contributed by atoms with E-state index in [1.54, 1.807) is 37.3 Å². The average Bonchev–Trinajstić information content (AvgIpc) is 3.08. The standard InChI is InChI=1S/C22H21N3O8/c1-4-32-18-12-14(11-17(25(29)30)19(18)33-13(2)22(28)31-3)10-16-20(26)23-24(21(16)27)15-8-6-5-7-9-15/h5-13H,4H2,1-3H3,(H,23,26)/b16-10-/t13-/m1/s1. The van der Waals surface area contributed by atoms with Crippen molar-refractivity contribution < 1.29 is 33.5 Å². The molecule has 2 aromatic rings. The first-order valence-electron chi connectivity index (χ1n) is 9.88. The smallest absolute Gasteiger partial charge is 0.346 e. The van der Waals surface area contributed by atoms with Gasteiger partial charge < -0.3 is 14.2 Å². The number of amides is 2. The number of ether oxygens (including phenoxy) is 3. The predicted octanol–water partition coefficient (Wildman–Crippen LogP) is 2.40. The highest BCUT2D eigenvalue weighted by Gasteiger charge is 2.35. The molecular formula is C22H21N3O8. The highest BCUT2D eigenvalue weighted by Crippen LogP contribution is 2.40. The van der Waals surface area contributed by atoms with E-state index >= 15 is 0 Å². The molecule has 1 atom stereocenters. The third-order valence-corrected chi connectivity index (χ3v) is 4.60. The fraction of sp³-hybridized carbons (Fsp3) is 0.227. The molecule has 2 aromatic carbocycles. The molecule has 0 radical (unpaired) electrons. The summed E-state index contributed by atoms with van der Waals surface area (Å²) in [5.74, 6) is -2.31. The van der Waals surface area contributed by atoms with Gasteiger partial charge in [-0.1, -0.05) is 18.2 Å². The normalized spacial score (nSPS) is 15.2. The lowest BCUT2D eigenvalue weighted by atomic mass is 10.1. The summed E-state index contributed by atoms with van der Waals surface area (Å²) in [6, 6.07) is 11.0. The molecule has 0 spiro atoms. The molecule has 172 valence electrons. The average molecular weight is 455 g/mol. The number of nitrogens with zero attached hydrogens (tertiary/aromatic N) is 2. The van der Waals surface area contributed by atoms with Crippen LogP contribution < -0.4 is 19.9 Å². The quantitative estimate of drug-likeness (QED) is 0.211. The Balaban J connectivity index is 2.03. The molecule has 2 amide bonds. The van der Waals surface area contributed by atoms with Crippen molar-refractivity contribution in [2.45, 2.75) is 20.0 Å². The second-order valence-electron chi connectivity index (χ2n) is 6.82. The van der Waals surface area contributed by atoms with Crippen molar-refractivity contribution in [1.82, 2.24) is 5.43 Å².